The summed E-state index contributed by atoms with van der Waals surface area (Å²) in [6.07, 6.45) is 10.3. The van der Waals surface area contributed by atoms with E-state index in [2.05, 4.69) is 14.9 Å². The van der Waals surface area contributed by atoms with Gasteiger partial charge in [-0.25, -0.2) is 0 Å². The smallest absolute Gasteiger partial charge is 0.271 e. The van der Waals surface area contributed by atoms with E-state index in [4.69, 9.17) is 5.73 Å². The van der Waals surface area contributed by atoms with E-state index in [0.717, 1.165) is 30.5 Å². The van der Waals surface area contributed by atoms with Crippen LogP contribution >= 0.6 is 0 Å². The molecule has 3 rings (SSSR count). The summed E-state index contributed by atoms with van der Waals surface area (Å²) < 4.78 is 0. The predicted molar refractivity (Wildman–Crippen MR) is 111 cm³/mol. The topological polar surface area (TPSA) is 95.3 Å². The molecule has 1 aliphatic heterocycles. The molecule has 3 heterocycles. The second-order valence-corrected chi connectivity index (χ2v) is 6.84. The molecule has 0 radical (unpaired) electrons. The summed E-state index contributed by atoms with van der Waals surface area (Å²) in [5, 5.41) is 0. The van der Waals surface area contributed by atoms with Crippen molar-refractivity contribution in [3.63, 3.8) is 0 Å². The summed E-state index contributed by atoms with van der Waals surface area (Å²) in [6.45, 7) is 4.40. The van der Waals surface area contributed by atoms with Gasteiger partial charge in [-0.1, -0.05) is 6.08 Å². The van der Waals surface area contributed by atoms with Crippen molar-refractivity contribution in [1.82, 2.24) is 14.9 Å². The number of nitrogens with two attached hydrogens (primary N) is 1. The van der Waals surface area contributed by atoms with Gasteiger partial charge in [0.05, 0.1) is 0 Å². The van der Waals surface area contributed by atoms with Crippen molar-refractivity contribution < 1.29 is 4.79 Å². The summed E-state index contributed by atoms with van der Waals surface area (Å²) in [5.74, 6) is -0.0225. The van der Waals surface area contributed by atoms with Crippen LogP contribution in [0.5, 0.6) is 0 Å². The Labute approximate surface area is 164 Å². The molecule has 1 fully saturated rings. The molecule has 1 saturated heterocycles. The van der Waals surface area contributed by atoms with Gasteiger partial charge >= 0.3 is 0 Å². The molecule has 0 spiro atoms. The van der Waals surface area contributed by atoms with Gasteiger partial charge in [0, 0.05) is 62.5 Å². The second kappa shape index (κ2) is 9.32. The number of aromatic amines is 1. The molecule has 0 saturated carbocycles. The lowest BCUT2D eigenvalue weighted by molar-refractivity contribution is -0.127. The molecule has 7 nitrogen and oxygen atoms in total. The minimum Gasteiger partial charge on any atom is -0.363 e. The SMILES string of the molecule is CCN(c1cc(-c2ccncc2)c[nH]c1=O)C1CCCN(C(=O)/C=C/CN)C1. The molecule has 1 amide bonds. The highest BCUT2D eigenvalue weighted by atomic mass is 16.2. The molecule has 1 aliphatic rings. The van der Waals surface area contributed by atoms with Crippen LogP contribution in [0.3, 0.4) is 0 Å². The van der Waals surface area contributed by atoms with Crippen molar-refractivity contribution in [1.29, 1.82) is 0 Å². The number of amides is 1. The van der Waals surface area contributed by atoms with Gasteiger partial charge in [0.25, 0.3) is 5.56 Å². The Morgan fingerprint density at radius 2 is 2.18 bits per heavy atom. The zero-order valence-corrected chi connectivity index (χ0v) is 16.2. The molecule has 28 heavy (non-hydrogen) atoms. The molecule has 3 N–H and O–H groups in total. The van der Waals surface area contributed by atoms with E-state index in [-0.39, 0.29) is 17.5 Å². The van der Waals surface area contributed by atoms with Crippen molar-refractivity contribution in [2.75, 3.05) is 31.1 Å². The summed E-state index contributed by atoms with van der Waals surface area (Å²) in [5.41, 5.74) is 7.90. The molecule has 1 unspecified atom stereocenters. The van der Waals surface area contributed by atoms with Gasteiger partial charge in [-0.2, -0.15) is 0 Å². The summed E-state index contributed by atoms with van der Waals surface area (Å²) >= 11 is 0. The molecule has 2 aromatic rings. The number of anilines is 1. The van der Waals surface area contributed by atoms with Crippen molar-refractivity contribution >= 4 is 11.6 Å². The maximum atomic E-state index is 12.6. The normalized spacial score (nSPS) is 17.1. The zero-order valence-electron chi connectivity index (χ0n) is 16.2. The number of pyridine rings is 2. The van der Waals surface area contributed by atoms with Gasteiger partial charge < -0.3 is 20.5 Å². The van der Waals surface area contributed by atoms with Crippen LogP contribution in [-0.2, 0) is 4.79 Å². The summed E-state index contributed by atoms with van der Waals surface area (Å²) in [4.78, 5) is 35.8. The maximum Gasteiger partial charge on any atom is 0.271 e. The third-order valence-corrected chi connectivity index (χ3v) is 5.09. The number of nitrogens with zero attached hydrogens (tertiary/aromatic N) is 3. The van der Waals surface area contributed by atoms with Crippen LogP contribution in [0, 0.1) is 0 Å². The molecule has 0 aromatic carbocycles. The number of nitrogens with one attached hydrogen (secondary N) is 1. The van der Waals surface area contributed by atoms with Crippen LogP contribution in [-0.4, -0.2) is 53.0 Å². The lowest BCUT2D eigenvalue weighted by atomic mass is 10.0. The van der Waals surface area contributed by atoms with Crippen molar-refractivity contribution in [2.24, 2.45) is 5.73 Å². The molecule has 148 valence electrons. The Hall–Kier alpha value is -2.93. The van der Waals surface area contributed by atoms with Gasteiger partial charge in [-0.15, -0.1) is 0 Å². The highest BCUT2D eigenvalue weighted by molar-refractivity contribution is 5.87. The highest BCUT2D eigenvalue weighted by Crippen LogP contribution is 2.24. The number of aromatic nitrogens is 2. The maximum absolute atomic E-state index is 12.6. The van der Waals surface area contributed by atoms with Gasteiger partial charge in [0.15, 0.2) is 0 Å². The van der Waals surface area contributed by atoms with Crippen LogP contribution in [0.2, 0.25) is 0 Å². The van der Waals surface area contributed by atoms with Crippen molar-refractivity contribution in [2.45, 2.75) is 25.8 Å². The first-order valence-corrected chi connectivity index (χ1v) is 9.69. The van der Waals surface area contributed by atoms with E-state index in [9.17, 15) is 9.59 Å². The molecule has 0 aliphatic carbocycles. The van der Waals surface area contributed by atoms with Crippen LogP contribution in [0.25, 0.3) is 11.1 Å². The number of carbonyl (C=O) groups excluding carboxylic acids is 1. The fraction of sp³-hybridized carbons (Fsp3) is 0.381. The zero-order chi connectivity index (χ0) is 19.9. The number of likely N-dealkylation sites (tertiary alicyclic amines) is 1. The van der Waals surface area contributed by atoms with Gasteiger partial charge in [-0.3, -0.25) is 14.6 Å². The fourth-order valence-corrected chi connectivity index (χ4v) is 3.70. The van der Waals surface area contributed by atoms with E-state index >= 15 is 0 Å². The number of piperidine rings is 1. The fourth-order valence-electron chi connectivity index (χ4n) is 3.70. The van der Waals surface area contributed by atoms with E-state index in [1.807, 2.05) is 30.0 Å². The number of carbonyl (C=O) groups is 1. The first-order valence-electron chi connectivity index (χ1n) is 9.69. The number of hydrogen-bond acceptors (Lipinski definition) is 5. The van der Waals surface area contributed by atoms with Crippen LogP contribution in [0.1, 0.15) is 19.8 Å². The minimum atomic E-state index is -0.119. The van der Waals surface area contributed by atoms with E-state index in [1.165, 1.54) is 6.08 Å². The summed E-state index contributed by atoms with van der Waals surface area (Å²) in [7, 11) is 0. The monoisotopic (exact) mass is 381 g/mol. The van der Waals surface area contributed by atoms with Gasteiger partial charge in [0.2, 0.25) is 5.91 Å². The largest absolute Gasteiger partial charge is 0.363 e. The minimum absolute atomic E-state index is 0.0225. The standard InChI is InChI=1S/C21H27N5O2/c1-2-26(18-5-4-12-25(15-18)20(27)6-3-9-22)19-13-17(14-24-21(19)28)16-7-10-23-11-8-16/h3,6-8,10-11,13-14,18H,2,4-5,9,12,15,22H2,1H3,(H,24,28)/b6-3+. The van der Waals surface area contributed by atoms with Gasteiger partial charge in [-0.05, 0) is 43.5 Å². The Morgan fingerprint density at radius 3 is 2.89 bits per heavy atom. The average molecular weight is 381 g/mol. The molecular formula is C21H27N5O2. The number of rotatable bonds is 6. The Morgan fingerprint density at radius 1 is 1.39 bits per heavy atom. The lowest BCUT2D eigenvalue weighted by Gasteiger charge is -2.39. The Kier molecular flexibility index (Phi) is 6.60. The van der Waals surface area contributed by atoms with Crippen molar-refractivity contribution in [3.05, 3.63) is 59.3 Å². The third-order valence-electron chi connectivity index (χ3n) is 5.09. The van der Waals surface area contributed by atoms with Crippen LogP contribution in [0.15, 0.2) is 53.7 Å². The van der Waals surface area contributed by atoms with Gasteiger partial charge in [0.1, 0.15) is 5.69 Å². The third kappa shape index (κ3) is 4.48. The lowest BCUT2D eigenvalue weighted by Crippen LogP contribution is -2.50. The number of H-pyrrole nitrogens is 1. The van der Waals surface area contributed by atoms with E-state index in [1.54, 1.807) is 24.7 Å². The van der Waals surface area contributed by atoms with E-state index < -0.39 is 0 Å². The average Bonchev–Trinajstić information content (AvgIpc) is 2.74. The molecular weight excluding hydrogens is 354 g/mol. The second-order valence-electron chi connectivity index (χ2n) is 6.84. The molecule has 1 atom stereocenters. The number of hydrogen-bond donors (Lipinski definition) is 2. The van der Waals surface area contributed by atoms with E-state index in [0.29, 0.717) is 25.3 Å². The molecule has 0 bridgehead atoms. The highest BCUT2D eigenvalue weighted by Gasteiger charge is 2.28. The Balaban J connectivity index is 1.85. The first-order chi connectivity index (χ1) is 13.6. The summed E-state index contributed by atoms with van der Waals surface area (Å²) in [6, 6.07) is 5.85. The first kappa shape index (κ1) is 19.8. The van der Waals surface area contributed by atoms with Crippen molar-refractivity contribution in [3.8, 4) is 11.1 Å². The quantitative estimate of drug-likeness (QED) is 0.744. The van der Waals surface area contributed by atoms with Crippen LogP contribution < -0.4 is 16.2 Å². The Bertz CT molecular complexity index is 878. The van der Waals surface area contributed by atoms with Crippen LogP contribution in [0.4, 0.5) is 5.69 Å². The molecule has 7 heteroatoms. The predicted octanol–water partition coefficient (Wildman–Crippen LogP) is 1.77. The molecule has 2 aromatic heterocycles. The number of likely N-dealkylation sites (N-methyl/N-ethyl adjacent to an activating group) is 1.